The maximum Gasteiger partial charge on any atom is 0.308 e. The van der Waals surface area contributed by atoms with Gasteiger partial charge in [0.1, 0.15) is 11.8 Å². The summed E-state index contributed by atoms with van der Waals surface area (Å²) in [5, 5.41) is 33.3. The molecule has 1 radical (unpaired) electrons. The molecule has 0 spiro atoms. The van der Waals surface area contributed by atoms with Crippen LogP contribution in [0.2, 0.25) is 0 Å². The van der Waals surface area contributed by atoms with Crippen LogP contribution in [0.3, 0.4) is 0 Å². The minimum atomic E-state index is -0.739. The van der Waals surface area contributed by atoms with Crippen LogP contribution in [0.4, 0.5) is 5.69 Å². The number of esters is 1. The van der Waals surface area contributed by atoms with Crippen molar-refractivity contribution in [1.29, 1.82) is 5.26 Å². The summed E-state index contributed by atoms with van der Waals surface area (Å²) in [4.78, 5) is 30.6. The van der Waals surface area contributed by atoms with Crippen molar-refractivity contribution < 1.29 is 77.7 Å². The molecule has 275 valence electrons. The maximum absolute atomic E-state index is 13.7. The molecule has 3 aromatic carbocycles. The smallest absolute Gasteiger partial charge is 0.308 e. The van der Waals surface area contributed by atoms with Gasteiger partial charge in [0.2, 0.25) is 12.7 Å². The molecule has 15 heteroatoms. The van der Waals surface area contributed by atoms with Gasteiger partial charge in [0.25, 0.3) is 0 Å². The van der Waals surface area contributed by atoms with Crippen molar-refractivity contribution in [3.8, 4) is 34.8 Å². The molecule has 53 heavy (non-hydrogen) atoms. The van der Waals surface area contributed by atoms with Gasteiger partial charge >= 0.3 is 5.97 Å². The molecule has 4 aliphatic rings. The summed E-state index contributed by atoms with van der Waals surface area (Å²) in [5.74, 6) is 0.961. The number of methoxy groups -OCH3 is 1. The number of phenolic OH excluding ortho intramolecular Hbond substituents is 1. The number of rotatable bonds is 7. The molecule has 1 saturated heterocycles. The number of likely N-dealkylation sites (N-methyl/N-ethyl adjacent to an activating group) is 1. The van der Waals surface area contributed by atoms with E-state index in [9.17, 15) is 20.0 Å². The van der Waals surface area contributed by atoms with Crippen molar-refractivity contribution in [3.63, 3.8) is 0 Å². The van der Waals surface area contributed by atoms with E-state index in [0.29, 0.717) is 52.7 Å². The van der Waals surface area contributed by atoms with Crippen LogP contribution in [-0.4, -0.2) is 83.6 Å². The van der Waals surface area contributed by atoms with Crippen molar-refractivity contribution >= 4 is 34.9 Å². The standard InChI is InChI=1S/C38H42N6O7S.Ac/c1-18-12-22-13-25-27(15-39)44-26(31(43(25)5)29(22)32(46)33(18)48-6)14-24-30(36-35(49-17-50-36)19(2)34(24)51-21(4)45)28(44)16-40-37(47)20(3)41-38(52)42-23-10-8-7-9-11-23;/h7-12,20,25-28,31H,13-14,16-17H2,1-6H3,(H4,40,41,42,46,47,52);/p-1/t20-,25-,26?,27-,28-,31-;/m0./s1. The van der Waals surface area contributed by atoms with Gasteiger partial charge in [0.15, 0.2) is 23.0 Å². The Kier molecular flexibility index (Phi) is 11.5. The first-order valence-corrected chi connectivity index (χ1v) is 17.6. The molecule has 4 aliphatic heterocycles. The predicted octanol–water partition coefficient (Wildman–Crippen LogP) is 4.53. The third-order valence-corrected chi connectivity index (χ3v) is 10.9. The Morgan fingerprint density at radius 3 is 2.53 bits per heavy atom. The summed E-state index contributed by atoms with van der Waals surface area (Å²) < 4.78 is 23.6. The van der Waals surface area contributed by atoms with Gasteiger partial charge in [-0.05, 0) is 50.6 Å². The number of nitrogens with zero attached hydrogens (tertiary/aromatic N) is 4. The first-order chi connectivity index (χ1) is 24.9. The fourth-order valence-corrected chi connectivity index (χ4v) is 8.85. The number of carbonyl (C=O) groups excluding carboxylic acids is 2. The number of fused-ring (bicyclic) bond motifs is 9. The molecule has 3 aromatic rings. The molecule has 1 unspecified atom stereocenters. The Hall–Kier alpha value is -3.66. The fourth-order valence-electron chi connectivity index (χ4n) is 8.56. The van der Waals surface area contributed by atoms with Crippen LogP contribution in [0.5, 0.6) is 28.7 Å². The number of carbonyl (C=O) groups is 2. The van der Waals surface area contributed by atoms with Crippen molar-refractivity contribution in [2.75, 3.05) is 27.5 Å². The summed E-state index contributed by atoms with van der Waals surface area (Å²) >= 11 is 5.43. The number of para-hydroxylation sites is 1. The van der Waals surface area contributed by atoms with Gasteiger partial charge in [0, 0.05) is 103 Å². The van der Waals surface area contributed by atoms with Crippen LogP contribution in [0.25, 0.3) is 5.32 Å². The Balaban J connectivity index is 0.00000481. The van der Waals surface area contributed by atoms with Crippen LogP contribution >= 0.6 is 12.2 Å². The number of ether oxygens (including phenoxy) is 4. The molecule has 13 nitrogen and oxygen atoms in total. The van der Waals surface area contributed by atoms with Crippen LogP contribution in [0.1, 0.15) is 59.3 Å². The van der Waals surface area contributed by atoms with Crippen LogP contribution in [0, 0.1) is 69.2 Å². The van der Waals surface area contributed by atoms with E-state index in [4.69, 9.17) is 31.2 Å². The number of hydrogen-bond donors (Lipinski definition) is 3. The van der Waals surface area contributed by atoms with E-state index in [1.54, 1.807) is 6.92 Å². The zero-order valence-electron chi connectivity index (χ0n) is 30.4. The molecule has 2 bridgehead atoms. The second kappa shape index (κ2) is 15.6. The number of nitriles is 1. The maximum atomic E-state index is 13.7. The monoisotopic (exact) mass is 952 g/mol. The molecular weight excluding hydrogens is 912 g/mol. The average Bonchev–Trinajstić information content (AvgIpc) is 3.60. The van der Waals surface area contributed by atoms with Gasteiger partial charge in [-0.15, -0.1) is 0 Å². The second-order valence-electron chi connectivity index (χ2n) is 13.7. The van der Waals surface area contributed by atoms with E-state index in [1.165, 1.54) is 14.0 Å². The fraction of sp³-hybridized carbons (Fsp3) is 0.421. The summed E-state index contributed by atoms with van der Waals surface area (Å²) in [5.41, 5.74) is 5.19. The third-order valence-electron chi connectivity index (χ3n) is 10.7. The number of piperazine rings is 1. The molecular formula is C38H41AcN6O7S-. The number of aromatic hydroxyl groups is 1. The quantitative estimate of drug-likeness (QED) is 0.173. The summed E-state index contributed by atoms with van der Waals surface area (Å²) in [7, 11) is 3.51. The van der Waals surface area contributed by atoms with Gasteiger partial charge < -0.3 is 40.0 Å². The van der Waals surface area contributed by atoms with E-state index >= 15 is 0 Å². The Morgan fingerprint density at radius 1 is 1.13 bits per heavy atom. The Morgan fingerprint density at radius 2 is 1.85 bits per heavy atom. The minimum Gasteiger partial charge on any atom is -0.504 e. The second-order valence-corrected chi connectivity index (χ2v) is 14.1. The molecule has 1 fully saturated rings. The normalized spacial score (nSPS) is 22.8. The third kappa shape index (κ3) is 6.82. The van der Waals surface area contributed by atoms with Gasteiger partial charge in [-0.3, -0.25) is 19.4 Å². The molecule has 1 amide bonds. The van der Waals surface area contributed by atoms with Gasteiger partial charge in [0.05, 0.1) is 25.3 Å². The van der Waals surface area contributed by atoms with E-state index in [0.717, 1.165) is 22.3 Å². The van der Waals surface area contributed by atoms with Gasteiger partial charge in [-0.2, -0.15) is 5.26 Å². The van der Waals surface area contributed by atoms with Crippen molar-refractivity contribution in [3.05, 3.63) is 75.1 Å². The number of thiocarbonyl (C=S) groups is 1. The number of nitrogens with one attached hydrogen (secondary N) is 2. The largest absolute Gasteiger partial charge is 0.504 e. The Bertz CT molecular complexity index is 2010. The molecule has 7 rings (SSSR count). The molecule has 3 N–H and O–H groups in total. The first-order valence-electron chi connectivity index (χ1n) is 17.2. The van der Waals surface area contributed by atoms with Gasteiger partial charge in [-0.1, -0.05) is 55.5 Å². The van der Waals surface area contributed by atoms with E-state index in [-0.39, 0.29) is 86.3 Å². The summed E-state index contributed by atoms with van der Waals surface area (Å²) in [6.45, 7) is 6.81. The molecule has 0 aromatic heterocycles. The number of amides is 1. The molecule has 0 saturated carbocycles. The van der Waals surface area contributed by atoms with Crippen LogP contribution in [0.15, 0.2) is 36.4 Å². The zero-order chi connectivity index (χ0) is 37.0. The Labute approximate surface area is 349 Å². The molecule has 0 aliphatic carbocycles. The topological polar surface area (TPSA) is 160 Å². The van der Waals surface area contributed by atoms with E-state index < -0.39 is 30.1 Å². The number of phenols is 1. The van der Waals surface area contributed by atoms with Crippen LogP contribution < -0.4 is 29.6 Å². The van der Waals surface area contributed by atoms with E-state index in [2.05, 4.69) is 31.8 Å². The zero-order valence-corrected chi connectivity index (χ0v) is 36.0. The predicted molar refractivity (Wildman–Crippen MR) is 195 cm³/mol. The summed E-state index contributed by atoms with van der Waals surface area (Å²) in [6.07, 6.45) is 0.865. The molecule has 4 heterocycles. The van der Waals surface area contributed by atoms with Crippen molar-refractivity contribution in [2.45, 2.75) is 76.8 Å². The van der Waals surface area contributed by atoms with Gasteiger partial charge in [-0.25, -0.2) is 0 Å². The molecule has 6 atom stereocenters. The van der Waals surface area contributed by atoms with Crippen LogP contribution in [-0.2, 0) is 22.4 Å². The first kappa shape index (κ1) is 39.0. The number of aryl methyl sites for hydroxylation is 1. The minimum absolute atomic E-state index is 0. The average molecular weight is 953 g/mol. The van der Waals surface area contributed by atoms with Crippen molar-refractivity contribution in [1.82, 2.24) is 20.4 Å². The van der Waals surface area contributed by atoms with E-state index in [1.807, 2.05) is 57.3 Å². The number of hydrogen-bond acceptors (Lipinski definition) is 11. The SMILES string of the molecule is COc1c(C)cc2c(c1O)[C@@H]1C3Cc4c(OC(C)=O)c(C)c5c(c4[C@H](CNC(=O)[C@H](C)NC(=S)[N-]c4ccccc4)N3[C@@H](C#N)[C@H](C2)N1C)OCO5.[Ac]. The summed E-state index contributed by atoms with van der Waals surface area (Å²) in [6, 6.07) is 10.9. The number of benzene rings is 3. The van der Waals surface area contributed by atoms with Crippen molar-refractivity contribution in [2.24, 2.45) is 0 Å².